The summed E-state index contributed by atoms with van der Waals surface area (Å²) in [5, 5.41) is 50.0. The maximum atomic E-state index is 13.2. The molecule has 212 valence electrons. The van der Waals surface area contributed by atoms with Crippen molar-refractivity contribution in [1.82, 2.24) is 0 Å². The zero-order valence-electron chi connectivity index (χ0n) is 21.9. The summed E-state index contributed by atoms with van der Waals surface area (Å²) in [5.41, 5.74) is 0.510. The fraction of sp³-hybridized carbons (Fsp3) is 0.483. The van der Waals surface area contributed by atoms with Gasteiger partial charge in [0, 0.05) is 12.1 Å². The zero-order valence-corrected chi connectivity index (χ0v) is 21.9. The van der Waals surface area contributed by atoms with Crippen LogP contribution >= 0.6 is 0 Å². The first-order valence-corrected chi connectivity index (χ1v) is 13.3. The first-order chi connectivity index (χ1) is 18.8. The summed E-state index contributed by atoms with van der Waals surface area (Å²) >= 11 is 0. The van der Waals surface area contributed by atoms with E-state index in [1.165, 1.54) is 50.1 Å². The summed E-state index contributed by atoms with van der Waals surface area (Å²) in [6.07, 6.45) is 1.10. The van der Waals surface area contributed by atoms with Crippen LogP contribution in [0.1, 0.15) is 45.4 Å². The molecule has 1 fully saturated rings. The summed E-state index contributed by atoms with van der Waals surface area (Å²) in [6, 6.07) is 9.24. The van der Waals surface area contributed by atoms with Gasteiger partial charge < -0.3 is 44.2 Å². The molecule has 2 aromatic carbocycles. The van der Waals surface area contributed by atoms with Crippen molar-refractivity contribution in [3.05, 3.63) is 52.9 Å². The van der Waals surface area contributed by atoms with Crippen LogP contribution in [0.3, 0.4) is 0 Å². The molecule has 0 radical (unpaired) electrons. The number of aliphatic hydroxyl groups is 4. The number of hydrogen-bond acceptors (Lipinski definition) is 10. The van der Waals surface area contributed by atoms with E-state index in [1.807, 2.05) is 0 Å². The minimum Gasteiger partial charge on any atom is -0.507 e. The predicted octanol–water partition coefficient (Wildman–Crippen LogP) is 3.08. The van der Waals surface area contributed by atoms with Crippen molar-refractivity contribution in [3.8, 4) is 28.4 Å². The standard InChI is InChI=1S/C29H36O10/c1-2-3-4-5-6-7-12-36-19-13-21(31)24-22(14-19)37-16-20(25(24)32)17-8-10-18(11-9-17)38-29-28(35)27(34)26(33)23(15-30)39-29/h8-11,13-14,16,23,26-31,33-35H,2-7,12,15H2,1H3/t23-,26+,27+,28+,29-/m1/s1. The van der Waals surface area contributed by atoms with Crippen molar-refractivity contribution < 1.29 is 44.2 Å². The highest BCUT2D eigenvalue weighted by Crippen LogP contribution is 2.31. The lowest BCUT2D eigenvalue weighted by Crippen LogP contribution is -2.60. The van der Waals surface area contributed by atoms with E-state index < -0.39 is 42.7 Å². The van der Waals surface area contributed by atoms with Gasteiger partial charge in [-0.15, -0.1) is 0 Å². The molecule has 5 atom stereocenters. The predicted molar refractivity (Wildman–Crippen MR) is 143 cm³/mol. The van der Waals surface area contributed by atoms with E-state index in [0.717, 1.165) is 12.8 Å². The number of benzene rings is 2. The first-order valence-electron chi connectivity index (χ1n) is 13.3. The lowest BCUT2D eigenvalue weighted by Gasteiger charge is -2.39. The van der Waals surface area contributed by atoms with E-state index in [-0.39, 0.29) is 28.0 Å². The monoisotopic (exact) mass is 544 g/mol. The smallest absolute Gasteiger partial charge is 0.229 e. The van der Waals surface area contributed by atoms with E-state index in [9.17, 15) is 30.3 Å². The molecular weight excluding hydrogens is 508 g/mol. The second-order valence-corrected chi connectivity index (χ2v) is 9.75. The molecule has 0 aliphatic carbocycles. The van der Waals surface area contributed by atoms with Crippen LogP contribution in [-0.4, -0.2) is 69.5 Å². The van der Waals surface area contributed by atoms with Crippen LogP contribution in [-0.2, 0) is 4.74 Å². The third-order valence-electron chi connectivity index (χ3n) is 6.86. The summed E-state index contributed by atoms with van der Waals surface area (Å²) < 4.78 is 22.4. The third-order valence-corrected chi connectivity index (χ3v) is 6.86. The highest BCUT2D eigenvalue weighted by molar-refractivity contribution is 5.88. The fourth-order valence-corrected chi connectivity index (χ4v) is 4.57. The van der Waals surface area contributed by atoms with Crippen molar-refractivity contribution >= 4 is 11.0 Å². The van der Waals surface area contributed by atoms with Crippen LogP contribution in [0.5, 0.6) is 17.2 Å². The van der Waals surface area contributed by atoms with Crippen LogP contribution in [0, 0.1) is 0 Å². The second-order valence-electron chi connectivity index (χ2n) is 9.75. The van der Waals surface area contributed by atoms with Gasteiger partial charge in [-0.25, -0.2) is 0 Å². The van der Waals surface area contributed by atoms with E-state index in [2.05, 4.69) is 6.92 Å². The van der Waals surface area contributed by atoms with Gasteiger partial charge in [-0.05, 0) is 24.1 Å². The molecule has 0 unspecified atom stereocenters. The van der Waals surface area contributed by atoms with Crippen molar-refractivity contribution in [2.75, 3.05) is 13.2 Å². The lowest BCUT2D eigenvalue weighted by atomic mass is 9.99. The molecular formula is C29H36O10. The largest absolute Gasteiger partial charge is 0.507 e. The van der Waals surface area contributed by atoms with E-state index in [4.69, 9.17) is 18.6 Å². The fourth-order valence-electron chi connectivity index (χ4n) is 4.57. The van der Waals surface area contributed by atoms with Crippen LogP contribution in [0.4, 0.5) is 0 Å². The number of ether oxygens (including phenoxy) is 3. The zero-order chi connectivity index (χ0) is 27.9. The molecule has 2 heterocycles. The molecule has 1 saturated heterocycles. The quantitative estimate of drug-likeness (QED) is 0.215. The summed E-state index contributed by atoms with van der Waals surface area (Å²) in [6.45, 7) is 2.12. The molecule has 0 saturated carbocycles. The molecule has 0 bridgehead atoms. The number of phenolic OH excluding ortho intramolecular Hbond substituents is 1. The number of hydrogen-bond donors (Lipinski definition) is 5. The summed E-state index contributed by atoms with van der Waals surface area (Å²) in [5.74, 6) is 0.450. The van der Waals surface area contributed by atoms with E-state index >= 15 is 0 Å². The molecule has 3 aromatic rings. The molecule has 0 amide bonds. The number of unbranched alkanes of at least 4 members (excludes halogenated alkanes) is 5. The number of fused-ring (bicyclic) bond motifs is 1. The van der Waals surface area contributed by atoms with Crippen molar-refractivity contribution in [3.63, 3.8) is 0 Å². The Labute approximate surface area is 226 Å². The van der Waals surface area contributed by atoms with Gasteiger partial charge in [0.05, 0.1) is 18.8 Å². The Morgan fingerprint density at radius 3 is 2.33 bits per heavy atom. The van der Waals surface area contributed by atoms with Gasteiger partial charge in [0.15, 0.2) is 0 Å². The summed E-state index contributed by atoms with van der Waals surface area (Å²) in [7, 11) is 0. The number of rotatable bonds is 12. The van der Waals surface area contributed by atoms with Crippen LogP contribution in [0.2, 0.25) is 0 Å². The third kappa shape index (κ3) is 6.71. The molecule has 1 aliphatic heterocycles. The van der Waals surface area contributed by atoms with Crippen LogP contribution in [0.15, 0.2) is 51.9 Å². The molecule has 4 rings (SSSR count). The van der Waals surface area contributed by atoms with E-state index in [1.54, 1.807) is 18.2 Å². The summed E-state index contributed by atoms with van der Waals surface area (Å²) in [4.78, 5) is 13.2. The molecule has 1 aliphatic rings. The highest BCUT2D eigenvalue weighted by atomic mass is 16.7. The maximum absolute atomic E-state index is 13.2. The first kappa shape index (κ1) is 28.8. The average molecular weight is 545 g/mol. The molecule has 10 nitrogen and oxygen atoms in total. The van der Waals surface area contributed by atoms with Gasteiger partial charge in [-0.3, -0.25) is 4.79 Å². The SMILES string of the molecule is CCCCCCCCOc1cc(O)c2c(=O)c(-c3ccc(O[C@@H]4O[C@H](CO)[C@H](O)[C@H](O)[C@@H]4O)cc3)coc2c1. The normalized spacial score (nSPS) is 23.2. The van der Waals surface area contributed by atoms with Gasteiger partial charge in [0.1, 0.15) is 58.9 Å². The molecule has 5 N–H and O–H groups in total. The Morgan fingerprint density at radius 1 is 0.897 bits per heavy atom. The van der Waals surface area contributed by atoms with Gasteiger partial charge in [0.2, 0.25) is 11.7 Å². The van der Waals surface area contributed by atoms with Crippen molar-refractivity contribution in [1.29, 1.82) is 0 Å². The topological polar surface area (TPSA) is 159 Å². The Hall–Kier alpha value is -3.15. The molecule has 10 heteroatoms. The Balaban J connectivity index is 1.44. The number of aromatic hydroxyl groups is 1. The second kappa shape index (κ2) is 13.3. The van der Waals surface area contributed by atoms with Crippen LogP contribution < -0.4 is 14.9 Å². The average Bonchev–Trinajstić information content (AvgIpc) is 2.93. The van der Waals surface area contributed by atoms with Crippen molar-refractivity contribution in [2.24, 2.45) is 0 Å². The minimum absolute atomic E-state index is 0.0426. The van der Waals surface area contributed by atoms with Crippen molar-refractivity contribution in [2.45, 2.75) is 76.2 Å². The number of aliphatic hydroxyl groups excluding tert-OH is 4. The molecule has 0 spiro atoms. The Kier molecular flexibility index (Phi) is 9.82. The van der Waals surface area contributed by atoms with Crippen LogP contribution in [0.25, 0.3) is 22.1 Å². The van der Waals surface area contributed by atoms with Gasteiger partial charge in [0.25, 0.3) is 0 Å². The van der Waals surface area contributed by atoms with Gasteiger partial charge >= 0.3 is 0 Å². The minimum atomic E-state index is -1.56. The Morgan fingerprint density at radius 2 is 1.62 bits per heavy atom. The number of phenols is 1. The highest BCUT2D eigenvalue weighted by Gasteiger charge is 2.44. The maximum Gasteiger partial charge on any atom is 0.229 e. The Bertz CT molecular complexity index is 1270. The van der Waals surface area contributed by atoms with Gasteiger partial charge in [-0.2, -0.15) is 0 Å². The molecule has 39 heavy (non-hydrogen) atoms. The van der Waals surface area contributed by atoms with E-state index in [0.29, 0.717) is 17.9 Å². The lowest BCUT2D eigenvalue weighted by molar-refractivity contribution is -0.277. The van der Waals surface area contributed by atoms with Gasteiger partial charge in [-0.1, -0.05) is 51.2 Å². The molecule has 1 aromatic heterocycles.